The second-order valence-electron chi connectivity index (χ2n) is 6.09. The second-order valence-corrected chi connectivity index (χ2v) is 7.81. The van der Waals surface area contributed by atoms with Crippen molar-refractivity contribution < 1.29 is 14.6 Å². The number of hydrogen-bond acceptors (Lipinski definition) is 5. The number of thiophene rings is 1. The Kier molecular flexibility index (Phi) is 5.04. The smallest absolute Gasteiger partial charge is 0.264 e. The van der Waals surface area contributed by atoms with Crippen molar-refractivity contribution in [2.75, 3.05) is 45.9 Å². The maximum absolute atomic E-state index is 12.6. The number of aliphatic hydroxyl groups is 1. The molecule has 1 atom stereocenters. The van der Waals surface area contributed by atoms with Crippen LogP contribution in [0.25, 0.3) is 0 Å². The molecule has 1 aromatic heterocycles. The number of amides is 1. The summed E-state index contributed by atoms with van der Waals surface area (Å²) in [6.45, 7) is 4.11. The van der Waals surface area contributed by atoms with Gasteiger partial charge in [0.05, 0.1) is 29.0 Å². The van der Waals surface area contributed by atoms with Crippen LogP contribution in [0.3, 0.4) is 0 Å². The Hall–Kier alpha value is -0.660. The summed E-state index contributed by atoms with van der Waals surface area (Å²) in [5, 5.41) is 10.9. The van der Waals surface area contributed by atoms with Gasteiger partial charge in [-0.2, -0.15) is 0 Å². The predicted molar refractivity (Wildman–Crippen MR) is 86.7 cm³/mol. The van der Waals surface area contributed by atoms with Crippen LogP contribution in [-0.2, 0) is 4.74 Å². The van der Waals surface area contributed by atoms with E-state index in [1.807, 2.05) is 0 Å². The lowest BCUT2D eigenvalue weighted by Crippen LogP contribution is -2.52. The summed E-state index contributed by atoms with van der Waals surface area (Å²) in [7, 11) is 0. The van der Waals surface area contributed by atoms with E-state index in [2.05, 4.69) is 4.90 Å². The molecule has 0 radical (unpaired) electrons. The number of rotatable bonds is 3. The van der Waals surface area contributed by atoms with Gasteiger partial charge in [0.25, 0.3) is 5.91 Å². The lowest BCUT2D eigenvalue weighted by molar-refractivity contribution is -0.0524. The van der Waals surface area contributed by atoms with E-state index in [9.17, 15) is 9.90 Å². The van der Waals surface area contributed by atoms with Crippen LogP contribution in [0.4, 0.5) is 0 Å². The first kappa shape index (κ1) is 16.2. The zero-order valence-corrected chi connectivity index (χ0v) is 14.0. The zero-order valence-electron chi connectivity index (χ0n) is 12.5. The van der Waals surface area contributed by atoms with Gasteiger partial charge in [0, 0.05) is 13.1 Å². The van der Waals surface area contributed by atoms with Crippen molar-refractivity contribution in [2.24, 2.45) is 0 Å². The number of halogens is 1. The van der Waals surface area contributed by atoms with Gasteiger partial charge < -0.3 is 19.6 Å². The van der Waals surface area contributed by atoms with Crippen LogP contribution < -0.4 is 0 Å². The van der Waals surface area contributed by atoms with E-state index < -0.39 is 5.60 Å². The standard InChI is InChI=1S/C15H21ClN2O3S/c16-13-4-3-12(22-13)14(19)18-7-8-21-11-15(20,10-18)9-17-5-1-2-6-17/h3-4,20H,1-2,5-11H2. The van der Waals surface area contributed by atoms with Crippen LogP contribution >= 0.6 is 22.9 Å². The summed E-state index contributed by atoms with van der Waals surface area (Å²) in [5.41, 5.74) is -1.00. The van der Waals surface area contributed by atoms with Gasteiger partial charge in [-0.25, -0.2) is 0 Å². The lowest BCUT2D eigenvalue weighted by atomic mass is 10.0. The third-order valence-corrected chi connectivity index (χ3v) is 5.37. The first-order valence-corrected chi connectivity index (χ1v) is 8.82. The van der Waals surface area contributed by atoms with E-state index in [1.54, 1.807) is 17.0 Å². The van der Waals surface area contributed by atoms with Crippen LogP contribution in [0.15, 0.2) is 12.1 Å². The summed E-state index contributed by atoms with van der Waals surface area (Å²) >= 11 is 7.18. The maximum atomic E-state index is 12.6. The molecule has 1 unspecified atom stereocenters. The van der Waals surface area contributed by atoms with Gasteiger partial charge in [0.1, 0.15) is 5.60 Å². The molecule has 1 amide bonds. The largest absolute Gasteiger partial charge is 0.384 e. The van der Waals surface area contributed by atoms with Gasteiger partial charge >= 0.3 is 0 Å². The third kappa shape index (κ3) is 3.81. The third-order valence-electron chi connectivity index (χ3n) is 4.15. The van der Waals surface area contributed by atoms with E-state index in [1.165, 1.54) is 24.2 Å². The lowest BCUT2D eigenvalue weighted by Gasteiger charge is -2.33. The molecule has 2 aliphatic heterocycles. The molecule has 2 aliphatic rings. The van der Waals surface area contributed by atoms with Crippen molar-refractivity contribution in [2.45, 2.75) is 18.4 Å². The van der Waals surface area contributed by atoms with Crippen molar-refractivity contribution in [1.29, 1.82) is 0 Å². The molecule has 3 rings (SSSR count). The van der Waals surface area contributed by atoms with Gasteiger partial charge in [-0.1, -0.05) is 11.6 Å². The molecule has 2 saturated heterocycles. The minimum Gasteiger partial charge on any atom is -0.384 e. The van der Waals surface area contributed by atoms with E-state index in [-0.39, 0.29) is 12.5 Å². The number of ether oxygens (including phenoxy) is 1. The number of carbonyl (C=O) groups is 1. The highest BCUT2D eigenvalue weighted by atomic mass is 35.5. The van der Waals surface area contributed by atoms with Gasteiger partial charge in [0.2, 0.25) is 0 Å². The molecule has 3 heterocycles. The molecule has 122 valence electrons. The topological polar surface area (TPSA) is 53.0 Å². The highest BCUT2D eigenvalue weighted by Crippen LogP contribution is 2.24. The summed E-state index contributed by atoms with van der Waals surface area (Å²) in [6.07, 6.45) is 2.35. The van der Waals surface area contributed by atoms with Crippen LogP contribution in [-0.4, -0.2) is 72.4 Å². The zero-order chi connectivity index (χ0) is 15.6. The minimum atomic E-state index is -1.00. The van der Waals surface area contributed by atoms with E-state index in [0.29, 0.717) is 35.5 Å². The van der Waals surface area contributed by atoms with Gasteiger partial charge in [0.15, 0.2) is 0 Å². The Labute approximate surface area is 139 Å². The Balaban J connectivity index is 1.70. The molecule has 1 aromatic rings. The Bertz CT molecular complexity index is 533. The average molecular weight is 345 g/mol. The molecule has 0 saturated carbocycles. The molecule has 2 fully saturated rings. The van der Waals surface area contributed by atoms with Crippen molar-refractivity contribution in [1.82, 2.24) is 9.80 Å². The highest BCUT2D eigenvalue weighted by molar-refractivity contribution is 7.17. The highest BCUT2D eigenvalue weighted by Gasteiger charge is 2.37. The molecular formula is C15H21ClN2O3S. The van der Waals surface area contributed by atoms with Crippen molar-refractivity contribution in [3.05, 3.63) is 21.3 Å². The number of carbonyl (C=O) groups excluding carboxylic acids is 1. The fourth-order valence-electron chi connectivity index (χ4n) is 3.13. The molecule has 1 N–H and O–H groups in total. The maximum Gasteiger partial charge on any atom is 0.264 e. The monoisotopic (exact) mass is 344 g/mol. The molecule has 0 aromatic carbocycles. The Morgan fingerprint density at radius 2 is 2.14 bits per heavy atom. The molecular weight excluding hydrogens is 324 g/mol. The van der Waals surface area contributed by atoms with Crippen molar-refractivity contribution >= 4 is 28.8 Å². The molecule has 0 bridgehead atoms. The number of β-amino-alcohol motifs (C(OH)–C–C–N with tert-alkyl or cyclic N) is 1. The quantitative estimate of drug-likeness (QED) is 0.906. The molecule has 0 aliphatic carbocycles. The summed E-state index contributed by atoms with van der Waals surface area (Å²) in [5.74, 6) is -0.0813. The van der Waals surface area contributed by atoms with Gasteiger partial charge in [-0.15, -0.1) is 11.3 Å². The molecule has 7 heteroatoms. The number of hydrogen-bond donors (Lipinski definition) is 1. The summed E-state index contributed by atoms with van der Waals surface area (Å²) in [4.78, 5) is 17.1. The van der Waals surface area contributed by atoms with Crippen LogP contribution in [0.5, 0.6) is 0 Å². The fraction of sp³-hybridized carbons (Fsp3) is 0.667. The molecule has 22 heavy (non-hydrogen) atoms. The van der Waals surface area contributed by atoms with E-state index >= 15 is 0 Å². The average Bonchev–Trinajstić information content (AvgIpc) is 3.09. The van der Waals surface area contributed by atoms with Crippen LogP contribution in [0, 0.1) is 0 Å². The van der Waals surface area contributed by atoms with Crippen molar-refractivity contribution in [3.8, 4) is 0 Å². The van der Waals surface area contributed by atoms with Crippen molar-refractivity contribution in [3.63, 3.8) is 0 Å². The van der Waals surface area contributed by atoms with Crippen LogP contribution in [0.1, 0.15) is 22.5 Å². The number of nitrogens with zero attached hydrogens (tertiary/aromatic N) is 2. The fourth-order valence-corrected chi connectivity index (χ4v) is 4.14. The molecule has 5 nitrogen and oxygen atoms in total. The second kappa shape index (κ2) is 6.84. The first-order valence-electron chi connectivity index (χ1n) is 7.63. The molecule has 0 spiro atoms. The summed E-state index contributed by atoms with van der Waals surface area (Å²) in [6, 6.07) is 3.46. The minimum absolute atomic E-state index is 0.0813. The Morgan fingerprint density at radius 1 is 1.36 bits per heavy atom. The predicted octanol–water partition coefficient (Wildman–Crippen LogP) is 1.70. The first-order chi connectivity index (χ1) is 10.6. The summed E-state index contributed by atoms with van der Waals surface area (Å²) < 4.78 is 6.15. The van der Waals surface area contributed by atoms with E-state index in [4.69, 9.17) is 16.3 Å². The van der Waals surface area contributed by atoms with Gasteiger partial charge in [-0.3, -0.25) is 4.79 Å². The van der Waals surface area contributed by atoms with Crippen LogP contribution in [0.2, 0.25) is 4.34 Å². The van der Waals surface area contributed by atoms with E-state index in [0.717, 1.165) is 13.1 Å². The number of likely N-dealkylation sites (tertiary alicyclic amines) is 1. The SMILES string of the molecule is O=C(c1ccc(Cl)s1)N1CCOCC(O)(CN2CCCC2)C1. The normalized spacial score (nSPS) is 27.1. The van der Waals surface area contributed by atoms with Gasteiger partial charge in [-0.05, 0) is 38.1 Å². The Morgan fingerprint density at radius 3 is 2.82 bits per heavy atom.